The minimum atomic E-state index is -0.365. The number of rotatable bonds is 2. The third kappa shape index (κ3) is 2.10. The summed E-state index contributed by atoms with van der Waals surface area (Å²) in [6.07, 6.45) is -0.365. The molecule has 1 aromatic rings. The van der Waals surface area contributed by atoms with E-state index in [2.05, 4.69) is 31.9 Å². The van der Waals surface area contributed by atoms with E-state index in [-0.39, 0.29) is 12.0 Å². The fourth-order valence-corrected chi connectivity index (χ4v) is 3.22. The average molecular weight is 314 g/mol. The fourth-order valence-electron chi connectivity index (χ4n) is 0.839. The Bertz CT molecular complexity index is 270. The molecule has 0 unspecified atom stereocenters. The van der Waals surface area contributed by atoms with Crippen molar-refractivity contribution in [3.05, 3.63) is 19.2 Å². The first-order valence-electron chi connectivity index (χ1n) is 3.64. The molecule has 1 nitrogen and oxygen atoms in total. The van der Waals surface area contributed by atoms with Crippen LogP contribution in [0.25, 0.3) is 0 Å². The zero-order valence-electron chi connectivity index (χ0n) is 6.84. The van der Waals surface area contributed by atoms with Crippen molar-refractivity contribution in [2.24, 2.45) is 5.92 Å². The monoisotopic (exact) mass is 312 g/mol. The van der Waals surface area contributed by atoms with Crippen LogP contribution in [0.4, 0.5) is 0 Å². The van der Waals surface area contributed by atoms with E-state index in [1.165, 1.54) is 0 Å². The van der Waals surface area contributed by atoms with Crippen LogP contribution >= 0.6 is 43.2 Å². The standard InChI is InChI=1S/C8H10Br2OS/c1-4(2)7(11)8-6(10)5(9)3-12-8/h3-4,7,11H,1-2H3/t7-/m0/s1. The summed E-state index contributed by atoms with van der Waals surface area (Å²) in [6, 6.07) is 0. The quantitative estimate of drug-likeness (QED) is 0.876. The predicted molar refractivity (Wildman–Crippen MR) is 59.5 cm³/mol. The van der Waals surface area contributed by atoms with Gasteiger partial charge in [-0.2, -0.15) is 0 Å². The molecule has 0 amide bonds. The lowest BCUT2D eigenvalue weighted by molar-refractivity contribution is 0.130. The molecule has 1 N–H and O–H groups in total. The largest absolute Gasteiger partial charge is 0.387 e. The van der Waals surface area contributed by atoms with Gasteiger partial charge in [0.05, 0.1) is 6.10 Å². The maximum Gasteiger partial charge on any atom is 0.0916 e. The van der Waals surface area contributed by atoms with Crippen LogP contribution < -0.4 is 0 Å². The molecule has 1 heterocycles. The first-order chi connectivity index (χ1) is 5.54. The van der Waals surface area contributed by atoms with Crippen molar-refractivity contribution in [1.82, 2.24) is 0 Å². The Morgan fingerprint density at radius 3 is 2.33 bits per heavy atom. The average Bonchev–Trinajstić information content (AvgIpc) is 2.32. The van der Waals surface area contributed by atoms with Crippen molar-refractivity contribution in [3.8, 4) is 0 Å². The molecule has 68 valence electrons. The van der Waals surface area contributed by atoms with Crippen LogP contribution in [0.3, 0.4) is 0 Å². The van der Waals surface area contributed by atoms with Gasteiger partial charge in [-0.1, -0.05) is 13.8 Å². The van der Waals surface area contributed by atoms with Gasteiger partial charge in [-0.05, 0) is 37.8 Å². The highest BCUT2D eigenvalue weighted by Gasteiger charge is 2.18. The number of thiophene rings is 1. The first kappa shape index (κ1) is 10.7. The third-order valence-corrected chi connectivity index (χ3v) is 5.25. The Morgan fingerprint density at radius 1 is 1.42 bits per heavy atom. The molecular weight excluding hydrogens is 304 g/mol. The molecule has 0 spiro atoms. The number of aliphatic hydroxyl groups excluding tert-OH is 1. The highest BCUT2D eigenvalue weighted by molar-refractivity contribution is 9.13. The molecular formula is C8H10Br2OS. The van der Waals surface area contributed by atoms with E-state index in [4.69, 9.17) is 0 Å². The molecule has 0 bridgehead atoms. The predicted octanol–water partition coefficient (Wildman–Crippen LogP) is 3.96. The van der Waals surface area contributed by atoms with Crippen molar-refractivity contribution in [2.45, 2.75) is 20.0 Å². The molecule has 0 aliphatic rings. The number of hydrogen-bond donors (Lipinski definition) is 1. The zero-order chi connectivity index (χ0) is 9.30. The molecule has 0 saturated heterocycles. The second kappa shape index (κ2) is 4.22. The van der Waals surface area contributed by atoms with Crippen LogP contribution in [-0.4, -0.2) is 5.11 Å². The number of aliphatic hydroxyl groups is 1. The molecule has 1 rings (SSSR count). The van der Waals surface area contributed by atoms with Gasteiger partial charge in [0.2, 0.25) is 0 Å². The van der Waals surface area contributed by atoms with E-state index >= 15 is 0 Å². The van der Waals surface area contributed by atoms with Crippen LogP contribution in [0, 0.1) is 5.92 Å². The third-order valence-electron chi connectivity index (χ3n) is 1.62. The van der Waals surface area contributed by atoms with Crippen molar-refractivity contribution in [1.29, 1.82) is 0 Å². The van der Waals surface area contributed by atoms with Crippen LogP contribution in [0.5, 0.6) is 0 Å². The van der Waals surface area contributed by atoms with E-state index in [0.29, 0.717) is 0 Å². The maximum atomic E-state index is 9.75. The molecule has 0 aromatic carbocycles. The summed E-state index contributed by atoms with van der Waals surface area (Å²) in [7, 11) is 0. The smallest absolute Gasteiger partial charge is 0.0916 e. The zero-order valence-corrected chi connectivity index (χ0v) is 10.8. The Morgan fingerprint density at radius 2 is 2.00 bits per heavy atom. The molecule has 0 aliphatic carbocycles. The molecule has 1 aromatic heterocycles. The molecule has 0 radical (unpaired) electrons. The second-order valence-corrected chi connectivity index (χ2v) is 5.51. The van der Waals surface area contributed by atoms with Crippen molar-refractivity contribution in [3.63, 3.8) is 0 Å². The van der Waals surface area contributed by atoms with Crippen LogP contribution in [-0.2, 0) is 0 Å². The van der Waals surface area contributed by atoms with Gasteiger partial charge in [0.15, 0.2) is 0 Å². The topological polar surface area (TPSA) is 20.2 Å². The van der Waals surface area contributed by atoms with Gasteiger partial charge in [-0.15, -0.1) is 11.3 Å². The Labute approximate surface area is 93.1 Å². The summed E-state index contributed by atoms with van der Waals surface area (Å²) in [5.41, 5.74) is 0. The summed E-state index contributed by atoms with van der Waals surface area (Å²) in [6.45, 7) is 4.01. The van der Waals surface area contributed by atoms with Gasteiger partial charge in [0, 0.05) is 19.2 Å². The highest BCUT2D eigenvalue weighted by Crippen LogP contribution is 2.38. The SMILES string of the molecule is CC(C)[C@H](O)c1scc(Br)c1Br. The Hall–Kier alpha value is 0.620. The van der Waals surface area contributed by atoms with Gasteiger partial charge < -0.3 is 5.11 Å². The lowest BCUT2D eigenvalue weighted by Crippen LogP contribution is -2.03. The fraction of sp³-hybridized carbons (Fsp3) is 0.500. The molecule has 1 atom stereocenters. The van der Waals surface area contributed by atoms with E-state index in [1.54, 1.807) is 11.3 Å². The second-order valence-electron chi connectivity index (χ2n) is 2.95. The summed E-state index contributed by atoms with van der Waals surface area (Å²) < 4.78 is 2.00. The lowest BCUT2D eigenvalue weighted by Gasteiger charge is -2.12. The van der Waals surface area contributed by atoms with Crippen molar-refractivity contribution >= 4 is 43.2 Å². The minimum Gasteiger partial charge on any atom is -0.387 e. The molecule has 0 aliphatic heterocycles. The number of halogens is 2. The van der Waals surface area contributed by atoms with E-state index < -0.39 is 0 Å². The first-order valence-corrected chi connectivity index (χ1v) is 6.11. The van der Waals surface area contributed by atoms with E-state index in [9.17, 15) is 5.11 Å². The lowest BCUT2D eigenvalue weighted by atomic mass is 10.1. The van der Waals surface area contributed by atoms with E-state index in [0.717, 1.165) is 13.8 Å². The van der Waals surface area contributed by atoms with Crippen molar-refractivity contribution in [2.75, 3.05) is 0 Å². The summed E-state index contributed by atoms with van der Waals surface area (Å²) >= 11 is 8.38. The summed E-state index contributed by atoms with van der Waals surface area (Å²) in [4.78, 5) is 0.997. The number of hydrogen-bond acceptors (Lipinski definition) is 2. The molecule has 12 heavy (non-hydrogen) atoms. The van der Waals surface area contributed by atoms with Gasteiger partial charge in [-0.3, -0.25) is 0 Å². The van der Waals surface area contributed by atoms with Gasteiger partial charge in [0.25, 0.3) is 0 Å². The Balaban J connectivity index is 2.95. The van der Waals surface area contributed by atoms with Gasteiger partial charge in [0.1, 0.15) is 0 Å². The normalized spacial score (nSPS) is 13.8. The Kier molecular flexibility index (Phi) is 3.76. The van der Waals surface area contributed by atoms with Crippen LogP contribution in [0.1, 0.15) is 24.8 Å². The van der Waals surface area contributed by atoms with Crippen LogP contribution in [0.2, 0.25) is 0 Å². The van der Waals surface area contributed by atoms with Crippen molar-refractivity contribution < 1.29 is 5.11 Å². The minimum absolute atomic E-state index is 0.256. The molecule has 4 heteroatoms. The molecule has 0 saturated carbocycles. The van der Waals surface area contributed by atoms with E-state index in [1.807, 2.05) is 19.2 Å². The molecule has 0 fully saturated rings. The van der Waals surface area contributed by atoms with Crippen LogP contribution in [0.15, 0.2) is 14.3 Å². The maximum absolute atomic E-state index is 9.75. The van der Waals surface area contributed by atoms with Gasteiger partial charge in [-0.25, -0.2) is 0 Å². The van der Waals surface area contributed by atoms with Gasteiger partial charge >= 0.3 is 0 Å². The summed E-state index contributed by atoms with van der Waals surface area (Å²) in [5.74, 6) is 0.256. The highest BCUT2D eigenvalue weighted by atomic mass is 79.9. The summed E-state index contributed by atoms with van der Waals surface area (Å²) in [5, 5.41) is 11.7.